The zero-order valence-corrected chi connectivity index (χ0v) is 10.6. The summed E-state index contributed by atoms with van der Waals surface area (Å²) < 4.78 is 11.7. The number of rotatable bonds is 2. The quantitative estimate of drug-likeness (QED) is 0.837. The third-order valence-electron chi connectivity index (χ3n) is 2.39. The summed E-state index contributed by atoms with van der Waals surface area (Å²) in [5.74, 6) is 0.678. The first kappa shape index (κ1) is 11.4. The summed E-state index contributed by atoms with van der Waals surface area (Å²) in [6.07, 6.45) is 1.20. The van der Waals surface area contributed by atoms with Crippen LogP contribution in [0.1, 0.15) is 12.5 Å². The lowest BCUT2D eigenvalue weighted by Crippen LogP contribution is -2.27. The molecule has 1 atom stereocenters. The first-order chi connectivity index (χ1) is 7.61. The summed E-state index contributed by atoms with van der Waals surface area (Å²) in [6, 6.07) is 5.64. The minimum absolute atomic E-state index is 0.0440. The van der Waals surface area contributed by atoms with Crippen LogP contribution in [0.5, 0.6) is 5.75 Å². The highest BCUT2D eigenvalue weighted by molar-refractivity contribution is 9.10. The summed E-state index contributed by atoms with van der Waals surface area (Å²) >= 11 is 3.38. The van der Waals surface area contributed by atoms with Gasteiger partial charge in [0.15, 0.2) is 5.78 Å². The molecule has 1 unspecified atom stereocenters. The minimum Gasteiger partial charge on any atom is -0.460 e. The molecule has 0 spiro atoms. The van der Waals surface area contributed by atoms with Gasteiger partial charge in [-0.25, -0.2) is 0 Å². The molecule has 1 aromatic carbocycles. The number of carbonyl (C=O) groups is 1. The average Bonchev–Trinajstić information content (AvgIpc) is 2.27. The third-order valence-corrected chi connectivity index (χ3v) is 2.88. The molecular weight excluding hydrogens is 272 g/mol. The number of ether oxygens (including phenoxy) is 2. The van der Waals surface area contributed by atoms with E-state index in [0.29, 0.717) is 5.57 Å². The van der Waals surface area contributed by atoms with Crippen LogP contribution in [0.3, 0.4) is 0 Å². The molecule has 1 aliphatic rings. The molecule has 3 nitrogen and oxygen atoms in total. The summed E-state index contributed by atoms with van der Waals surface area (Å²) in [5, 5.41) is 0. The van der Waals surface area contributed by atoms with Crippen LogP contribution >= 0.6 is 15.9 Å². The first-order valence-electron chi connectivity index (χ1n) is 4.83. The Hall–Kier alpha value is -1.13. The Bertz CT molecular complexity index is 465. The molecule has 0 N–H and O–H groups in total. The predicted octanol–water partition coefficient (Wildman–Crippen LogP) is 2.79. The molecule has 1 heterocycles. The van der Waals surface area contributed by atoms with Gasteiger partial charge in [-0.2, -0.15) is 0 Å². The number of ketones is 1. The van der Waals surface area contributed by atoms with Crippen LogP contribution in [0.15, 0.2) is 28.2 Å². The SMILES string of the molecule is COC1Oc2ccc(Br)cc2C=C1C(C)=O. The van der Waals surface area contributed by atoms with Crippen LogP contribution in [0, 0.1) is 0 Å². The van der Waals surface area contributed by atoms with E-state index in [1.54, 1.807) is 6.08 Å². The van der Waals surface area contributed by atoms with Gasteiger partial charge in [-0.05, 0) is 31.2 Å². The van der Waals surface area contributed by atoms with Crippen LogP contribution in [0.4, 0.5) is 0 Å². The molecule has 0 bridgehead atoms. The highest BCUT2D eigenvalue weighted by Crippen LogP contribution is 2.32. The molecular formula is C12H11BrO3. The average molecular weight is 283 g/mol. The maximum Gasteiger partial charge on any atom is 0.229 e. The fourth-order valence-corrected chi connectivity index (χ4v) is 1.98. The van der Waals surface area contributed by atoms with Gasteiger partial charge in [0.1, 0.15) is 5.75 Å². The monoisotopic (exact) mass is 282 g/mol. The van der Waals surface area contributed by atoms with Gasteiger partial charge in [0.05, 0.1) is 5.57 Å². The number of carbonyl (C=O) groups excluding carboxylic acids is 1. The Morgan fingerprint density at radius 3 is 2.88 bits per heavy atom. The molecule has 16 heavy (non-hydrogen) atoms. The Balaban J connectivity index is 2.49. The summed E-state index contributed by atoms with van der Waals surface area (Å²) in [4.78, 5) is 11.4. The van der Waals surface area contributed by atoms with Crippen LogP contribution in [-0.4, -0.2) is 19.2 Å². The van der Waals surface area contributed by atoms with Crippen molar-refractivity contribution in [2.45, 2.75) is 13.2 Å². The number of hydrogen-bond donors (Lipinski definition) is 0. The normalized spacial score (nSPS) is 18.4. The summed E-state index contributed by atoms with van der Waals surface area (Å²) in [5.41, 5.74) is 1.42. The molecule has 84 valence electrons. The zero-order valence-electron chi connectivity index (χ0n) is 8.99. The van der Waals surface area contributed by atoms with Gasteiger partial charge in [0.2, 0.25) is 6.29 Å². The smallest absolute Gasteiger partial charge is 0.229 e. The number of benzene rings is 1. The maximum absolute atomic E-state index is 11.4. The van der Waals surface area contributed by atoms with Gasteiger partial charge < -0.3 is 9.47 Å². The maximum atomic E-state index is 11.4. The molecule has 0 amide bonds. The van der Waals surface area contributed by atoms with Crippen molar-refractivity contribution in [3.05, 3.63) is 33.8 Å². The van der Waals surface area contributed by atoms with Crippen LogP contribution in [0.2, 0.25) is 0 Å². The third kappa shape index (κ3) is 2.03. The van der Waals surface area contributed by atoms with Crippen molar-refractivity contribution in [2.24, 2.45) is 0 Å². The van der Waals surface area contributed by atoms with E-state index in [2.05, 4.69) is 15.9 Å². The predicted molar refractivity (Wildman–Crippen MR) is 64.2 cm³/mol. The van der Waals surface area contributed by atoms with Gasteiger partial charge in [-0.3, -0.25) is 4.79 Å². The fraction of sp³-hybridized carbons (Fsp3) is 0.250. The minimum atomic E-state index is -0.605. The lowest BCUT2D eigenvalue weighted by molar-refractivity contribution is -0.117. The number of fused-ring (bicyclic) bond motifs is 1. The number of Topliss-reactive ketones (excluding diaryl/α,β-unsaturated/α-hetero) is 1. The van der Waals surface area contributed by atoms with Crippen molar-refractivity contribution in [1.82, 2.24) is 0 Å². The van der Waals surface area contributed by atoms with Gasteiger partial charge >= 0.3 is 0 Å². The first-order valence-corrected chi connectivity index (χ1v) is 5.62. The number of methoxy groups -OCH3 is 1. The van der Waals surface area contributed by atoms with Crippen LogP contribution < -0.4 is 4.74 Å². The van der Waals surface area contributed by atoms with Crippen LogP contribution in [-0.2, 0) is 9.53 Å². The molecule has 0 saturated heterocycles. The van der Waals surface area contributed by atoms with Crippen molar-refractivity contribution < 1.29 is 14.3 Å². The highest BCUT2D eigenvalue weighted by Gasteiger charge is 2.25. The van der Waals surface area contributed by atoms with E-state index in [1.807, 2.05) is 18.2 Å². The second kappa shape index (κ2) is 4.39. The van der Waals surface area contributed by atoms with Gasteiger partial charge in [0.25, 0.3) is 0 Å². The molecule has 0 aromatic heterocycles. The van der Waals surface area contributed by atoms with Crippen molar-refractivity contribution in [1.29, 1.82) is 0 Å². The topological polar surface area (TPSA) is 35.5 Å². The molecule has 1 aromatic rings. The second-order valence-electron chi connectivity index (χ2n) is 3.52. The van der Waals surface area contributed by atoms with E-state index in [9.17, 15) is 4.79 Å². The Morgan fingerprint density at radius 2 is 2.25 bits per heavy atom. The Labute approximate surface area is 102 Å². The number of halogens is 1. The molecule has 0 radical (unpaired) electrons. The van der Waals surface area contributed by atoms with Crippen molar-refractivity contribution in [3.63, 3.8) is 0 Å². The van der Waals surface area contributed by atoms with Gasteiger partial charge in [-0.15, -0.1) is 0 Å². The highest BCUT2D eigenvalue weighted by atomic mass is 79.9. The van der Waals surface area contributed by atoms with Crippen molar-refractivity contribution in [3.8, 4) is 5.75 Å². The molecule has 0 fully saturated rings. The number of hydrogen-bond acceptors (Lipinski definition) is 3. The summed E-state index contributed by atoms with van der Waals surface area (Å²) in [7, 11) is 1.52. The summed E-state index contributed by atoms with van der Waals surface area (Å²) in [6.45, 7) is 1.50. The zero-order chi connectivity index (χ0) is 11.7. The molecule has 2 rings (SSSR count). The van der Waals surface area contributed by atoms with Crippen LogP contribution in [0.25, 0.3) is 6.08 Å². The standard InChI is InChI=1S/C12H11BrO3/c1-7(14)10-6-8-5-9(13)3-4-11(8)16-12(10)15-2/h3-6,12H,1-2H3. The van der Waals surface area contributed by atoms with E-state index in [1.165, 1.54) is 14.0 Å². The lowest BCUT2D eigenvalue weighted by Gasteiger charge is -2.24. The molecule has 0 aliphatic carbocycles. The van der Waals surface area contributed by atoms with Gasteiger partial charge in [-0.1, -0.05) is 15.9 Å². The molecule has 1 aliphatic heterocycles. The largest absolute Gasteiger partial charge is 0.460 e. The Kier molecular flexibility index (Phi) is 3.12. The molecule has 0 saturated carbocycles. The van der Waals surface area contributed by atoms with E-state index >= 15 is 0 Å². The Morgan fingerprint density at radius 1 is 1.50 bits per heavy atom. The van der Waals surface area contributed by atoms with E-state index in [-0.39, 0.29) is 5.78 Å². The van der Waals surface area contributed by atoms with Crippen molar-refractivity contribution >= 4 is 27.8 Å². The van der Waals surface area contributed by atoms with E-state index in [4.69, 9.17) is 9.47 Å². The van der Waals surface area contributed by atoms with Crippen molar-refractivity contribution in [2.75, 3.05) is 7.11 Å². The fourth-order valence-electron chi connectivity index (χ4n) is 1.60. The van der Waals surface area contributed by atoms with E-state index in [0.717, 1.165) is 15.8 Å². The molecule has 4 heteroatoms. The lowest BCUT2D eigenvalue weighted by atomic mass is 10.0. The van der Waals surface area contributed by atoms with Gasteiger partial charge in [0, 0.05) is 17.1 Å². The van der Waals surface area contributed by atoms with E-state index < -0.39 is 6.29 Å². The second-order valence-corrected chi connectivity index (χ2v) is 4.44.